The number of anilines is 2. The van der Waals surface area contributed by atoms with Gasteiger partial charge in [0.25, 0.3) is 5.91 Å². The summed E-state index contributed by atoms with van der Waals surface area (Å²) in [6.45, 7) is 5.01. The number of para-hydroxylation sites is 1. The van der Waals surface area contributed by atoms with E-state index in [-0.39, 0.29) is 17.2 Å². The molecule has 0 saturated carbocycles. The van der Waals surface area contributed by atoms with Gasteiger partial charge >= 0.3 is 0 Å². The van der Waals surface area contributed by atoms with E-state index in [9.17, 15) is 9.90 Å². The molecule has 1 fully saturated rings. The summed E-state index contributed by atoms with van der Waals surface area (Å²) in [5.74, 6) is -0.333. The number of carbonyl (C=O) groups excluding carboxylic acids is 1. The minimum atomic E-state index is -0.314. The molecule has 5 heteroatoms. The molecule has 5 nitrogen and oxygen atoms in total. The second kappa shape index (κ2) is 8.80. The van der Waals surface area contributed by atoms with Gasteiger partial charge in [0.2, 0.25) is 0 Å². The fraction of sp³-hybridized carbons (Fsp3) is 0.208. The van der Waals surface area contributed by atoms with Crippen LogP contribution in [-0.2, 0) is 6.54 Å². The summed E-state index contributed by atoms with van der Waals surface area (Å²) in [5.41, 5.74) is 3.49. The van der Waals surface area contributed by atoms with E-state index in [1.807, 2.05) is 24.3 Å². The van der Waals surface area contributed by atoms with E-state index in [0.29, 0.717) is 5.69 Å². The molecule has 1 aliphatic heterocycles. The Labute approximate surface area is 171 Å². The Morgan fingerprint density at radius 3 is 2.17 bits per heavy atom. The summed E-state index contributed by atoms with van der Waals surface area (Å²) in [7, 11) is 0. The van der Waals surface area contributed by atoms with Gasteiger partial charge in [-0.15, -0.1) is 0 Å². The van der Waals surface area contributed by atoms with E-state index in [1.165, 1.54) is 11.6 Å². The van der Waals surface area contributed by atoms with Crippen molar-refractivity contribution in [1.29, 1.82) is 0 Å². The van der Waals surface area contributed by atoms with Crippen molar-refractivity contribution in [2.75, 3.05) is 36.4 Å². The average molecular weight is 387 g/mol. The molecule has 3 aromatic carbocycles. The molecule has 1 aliphatic rings. The molecule has 0 bridgehead atoms. The highest BCUT2D eigenvalue weighted by atomic mass is 16.3. The van der Waals surface area contributed by atoms with Gasteiger partial charge in [-0.3, -0.25) is 9.69 Å². The summed E-state index contributed by atoms with van der Waals surface area (Å²) in [6.07, 6.45) is 0. The standard InChI is InChI=1S/C24H25N3O2/c28-23-9-5-4-8-22(23)24(29)25-20-10-12-21(13-11-20)27-16-14-26(15-17-27)18-19-6-2-1-3-7-19/h1-13,28H,14-18H2,(H,25,29). The van der Waals surface area contributed by atoms with Crippen LogP contribution >= 0.6 is 0 Å². The van der Waals surface area contributed by atoms with Crippen molar-refractivity contribution in [2.24, 2.45) is 0 Å². The summed E-state index contributed by atoms with van der Waals surface area (Å²) >= 11 is 0. The van der Waals surface area contributed by atoms with Crippen LogP contribution in [0.25, 0.3) is 0 Å². The van der Waals surface area contributed by atoms with Gasteiger partial charge in [-0.05, 0) is 42.0 Å². The van der Waals surface area contributed by atoms with Crippen molar-refractivity contribution in [2.45, 2.75) is 6.54 Å². The van der Waals surface area contributed by atoms with Crippen molar-refractivity contribution in [3.8, 4) is 5.75 Å². The second-order valence-electron chi connectivity index (χ2n) is 7.27. The van der Waals surface area contributed by atoms with Crippen molar-refractivity contribution in [1.82, 2.24) is 4.90 Å². The third-order valence-corrected chi connectivity index (χ3v) is 5.26. The lowest BCUT2D eigenvalue weighted by molar-refractivity contribution is 0.102. The zero-order valence-electron chi connectivity index (χ0n) is 16.3. The zero-order valence-corrected chi connectivity index (χ0v) is 16.3. The van der Waals surface area contributed by atoms with Crippen molar-refractivity contribution in [3.63, 3.8) is 0 Å². The lowest BCUT2D eigenvalue weighted by Crippen LogP contribution is -2.45. The van der Waals surface area contributed by atoms with Gasteiger partial charge in [0.15, 0.2) is 0 Å². The molecule has 29 heavy (non-hydrogen) atoms. The quantitative estimate of drug-likeness (QED) is 0.696. The first-order valence-corrected chi connectivity index (χ1v) is 9.90. The molecule has 1 saturated heterocycles. The number of nitrogens with zero attached hydrogens (tertiary/aromatic N) is 2. The van der Waals surface area contributed by atoms with E-state index in [4.69, 9.17) is 0 Å². The fourth-order valence-electron chi connectivity index (χ4n) is 3.63. The van der Waals surface area contributed by atoms with Gasteiger partial charge in [0, 0.05) is 44.1 Å². The molecule has 2 N–H and O–H groups in total. The van der Waals surface area contributed by atoms with Crippen LogP contribution in [0.5, 0.6) is 5.75 Å². The van der Waals surface area contributed by atoms with E-state index in [0.717, 1.165) is 38.4 Å². The SMILES string of the molecule is O=C(Nc1ccc(N2CCN(Cc3ccccc3)CC2)cc1)c1ccccc1O. The minimum Gasteiger partial charge on any atom is -0.507 e. The molecular formula is C24H25N3O2. The van der Waals surface area contributed by atoms with E-state index in [2.05, 4.69) is 45.4 Å². The van der Waals surface area contributed by atoms with Crippen LogP contribution in [0.2, 0.25) is 0 Å². The van der Waals surface area contributed by atoms with Crippen LogP contribution in [0.1, 0.15) is 15.9 Å². The number of aromatic hydroxyl groups is 1. The van der Waals surface area contributed by atoms with Crippen LogP contribution in [0.4, 0.5) is 11.4 Å². The Balaban J connectivity index is 1.32. The van der Waals surface area contributed by atoms with Gasteiger partial charge in [0.05, 0.1) is 5.56 Å². The Hall–Kier alpha value is -3.31. The Morgan fingerprint density at radius 2 is 1.48 bits per heavy atom. The number of amides is 1. The first-order chi connectivity index (χ1) is 14.2. The molecule has 0 aliphatic carbocycles. The summed E-state index contributed by atoms with van der Waals surface area (Å²) in [5, 5.41) is 12.7. The topological polar surface area (TPSA) is 55.8 Å². The molecule has 148 valence electrons. The average Bonchev–Trinajstić information content (AvgIpc) is 2.76. The number of rotatable bonds is 5. The van der Waals surface area contributed by atoms with Gasteiger partial charge in [-0.2, -0.15) is 0 Å². The van der Waals surface area contributed by atoms with Crippen molar-refractivity contribution < 1.29 is 9.90 Å². The van der Waals surface area contributed by atoms with Gasteiger partial charge in [0.1, 0.15) is 5.75 Å². The predicted octanol–water partition coefficient (Wildman–Crippen LogP) is 3.97. The minimum absolute atomic E-state index is 0.0185. The number of phenols is 1. The molecule has 0 radical (unpaired) electrons. The molecule has 0 atom stereocenters. The lowest BCUT2D eigenvalue weighted by atomic mass is 10.1. The van der Waals surface area contributed by atoms with E-state index in [1.54, 1.807) is 18.2 Å². The first-order valence-electron chi connectivity index (χ1n) is 9.90. The maximum Gasteiger partial charge on any atom is 0.259 e. The van der Waals surface area contributed by atoms with Crippen LogP contribution < -0.4 is 10.2 Å². The van der Waals surface area contributed by atoms with Crippen LogP contribution in [0.3, 0.4) is 0 Å². The number of benzene rings is 3. The summed E-state index contributed by atoms with van der Waals surface area (Å²) in [6, 6.07) is 25.0. The molecule has 1 heterocycles. The maximum absolute atomic E-state index is 12.3. The molecular weight excluding hydrogens is 362 g/mol. The third kappa shape index (κ3) is 4.76. The van der Waals surface area contributed by atoms with Crippen molar-refractivity contribution >= 4 is 17.3 Å². The number of phenolic OH excluding ortho intramolecular Hbond substituents is 1. The Bertz CT molecular complexity index is 949. The molecule has 0 aromatic heterocycles. The fourth-order valence-corrected chi connectivity index (χ4v) is 3.63. The highest BCUT2D eigenvalue weighted by molar-refractivity contribution is 6.06. The smallest absolute Gasteiger partial charge is 0.259 e. The summed E-state index contributed by atoms with van der Waals surface area (Å²) < 4.78 is 0. The first kappa shape index (κ1) is 19.0. The summed E-state index contributed by atoms with van der Waals surface area (Å²) in [4.78, 5) is 17.2. The second-order valence-corrected chi connectivity index (χ2v) is 7.27. The van der Waals surface area contributed by atoms with Crippen LogP contribution in [0, 0.1) is 0 Å². The normalized spacial score (nSPS) is 14.6. The van der Waals surface area contributed by atoms with E-state index >= 15 is 0 Å². The lowest BCUT2D eigenvalue weighted by Gasteiger charge is -2.36. The number of piperazine rings is 1. The Morgan fingerprint density at radius 1 is 0.828 bits per heavy atom. The number of nitrogens with one attached hydrogen (secondary N) is 1. The molecule has 0 spiro atoms. The zero-order chi connectivity index (χ0) is 20.1. The van der Waals surface area contributed by atoms with E-state index < -0.39 is 0 Å². The largest absolute Gasteiger partial charge is 0.507 e. The van der Waals surface area contributed by atoms with Gasteiger partial charge in [-0.1, -0.05) is 42.5 Å². The third-order valence-electron chi connectivity index (χ3n) is 5.26. The molecule has 1 amide bonds. The van der Waals surface area contributed by atoms with Gasteiger partial charge < -0.3 is 15.3 Å². The molecule has 0 unspecified atom stereocenters. The Kier molecular flexibility index (Phi) is 5.77. The maximum atomic E-state index is 12.3. The van der Waals surface area contributed by atoms with Gasteiger partial charge in [-0.25, -0.2) is 0 Å². The highest BCUT2D eigenvalue weighted by Crippen LogP contribution is 2.22. The monoisotopic (exact) mass is 387 g/mol. The van der Waals surface area contributed by atoms with Crippen molar-refractivity contribution in [3.05, 3.63) is 90.0 Å². The number of hydrogen-bond donors (Lipinski definition) is 2. The predicted molar refractivity (Wildman–Crippen MR) is 116 cm³/mol. The molecule has 4 rings (SSSR count). The van der Waals surface area contributed by atoms with Crippen LogP contribution in [-0.4, -0.2) is 42.1 Å². The highest BCUT2D eigenvalue weighted by Gasteiger charge is 2.17. The molecule has 3 aromatic rings. The number of carbonyl (C=O) groups is 1. The van der Waals surface area contributed by atoms with Crippen LogP contribution in [0.15, 0.2) is 78.9 Å². The number of hydrogen-bond acceptors (Lipinski definition) is 4.